The molecule has 0 aromatic heterocycles. The molecule has 0 fully saturated rings. The van der Waals surface area contributed by atoms with Gasteiger partial charge in [0.15, 0.2) is 11.6 Å². The molecule has 1 amide bonds. The first-order valence-corrected chi connectivity index (χ1v) is 12.6. The molecule has 32 heavy (non-hydrogen) atoms. The van der Waals surface area contributed by atoms with Crippen molar-refractivity contribution in [2.75, 3.05) is 11.1 Å². The molecular weight excluding hydrogens is 479 g/mol. The van der Waals surface area contributed by atoms with Crippen LogP contribution in [-0.2, 0) is 12.4 Å². The van der Waals surface area contributed by atoms with E-state index in [2.05, 4.69) is 9.19 Å². The molecule has 0 saturated carbocycles. The third kappa shape index (κ3) is 4.71. The van der Waals surface area contributed by atoms with Crippen molar-refractivity contribution in [1.29, 1.82) is 0 Å². The summed E-state index contributed by atoms with van der Waals surface area (Å²) in [7, 11) is 0. The summed E-state index contributed by atoms with van der Waals surface area (Å²) in [6.07, 6.45) is 0. The Bertz CT molecular complexity index is 1260. The molecule has 1 aliphatic carbocycles. The standard InChI is InChI=1S/C14H9NO2.C8H10AsNO5/c15-11-7-3-6-10-12(11)14(17)9-5-2-1-4-8(9)13(10)16;1-6(11)10-8-4-2-7(3-5-8)9(12,13)15-14/h1-7H,15H2;2-5,14H,1H3,(H,10,11)(H,12,13). The molecule has 9 nitrogen and oxygen atoms in total. The molecular formula is C22H19AsN2O7. The molecule has 3 aromatic rings. The molecule has 0 aliphatic heterocycles. The Morgan fingerprint density at radius 3 is 2.03 bits per heavy atom. The van der Waals surface area contributed by atoms with E-state index in [0.717, 1.165) is 0 Å². The van der Waals surface area contributed by atoms with Gasteiger partial charge in [-0.15, -0.1) is 0 Å². The van der Waals surface area contributed by atoms with E-state index in [4.69, 9.17) is 15.1 Å². The van der Waals surface area contributed by atoms with E-state index in [-0.39, 0.29) is 21.8 Å². The maximum atomic E-state index is 12.2. The van der Waals surface area contributed by atoms with Crippen LogP contribution in [0.1, 0.15) is 38.8 Å². The molecule has 0 heterocycles. The van der Waals surface area contributed by atoms with Gasteiger partial charge in [0.2, 0.25) is 0 Å². The third-order valence-corrected chi connectivity index (χ3v) is 7.07. The van der Waals surface area contributed by atoms with Crippen LogP contribution in [0.5, 0.6) is 0 Å². The van der Waals surface area contributed by atoms with Crippen LogP contribution in [0, 0.1) is 0 Å². The van der Waals surface area contributed by atoms with Crippen LogP contribution >= 0.6 is 0 Å². The number of nitrogens with two attached hydrogens (primary N) is 1. The minimum absolute atomic E-state index is 0.00438. The van der Waals surface area contributed by atoms with Gasteiger partial charge in [0, 0.05) is 22.4 Å². The van der Waals surface area contributed by atoms with Crippen LogP contribution in [0.25, 0.3) is 0 Å². The number of anilines is 2. The topological polar surface area (TPSA) is 156 Å². The molecule has 1 aliphatic rings. The first kappa shape index (κ1) is 23.2. The van der Waals surface area contributed by atoms with Crippen molar-refractivity contribution in [3.63, 3.8) is 0 Å². The largest absolute Gasteiger partial charge is 0.398 e. The Morgan fingerprint density at radius 2 is 1.47 bits per heavy atom. The second-order valence-corrected chi connectivity index (χ2v) is 10.4. The zero-order valence-electron chi connectivity index (χ0n) is 16.8. The van der Waals surface area contributed by atoms with Gasteiger partial charge in [-0.05, 0) is 6.07 Å². The van der Waals surface area contributed by atoms with Crippen LogP contribution in [0.4, 0.5) is 11.4 Å². The third-order valence-electron chi connectivity index (χ3n) is 4.61. The van der Waals surface area contributed by atoms with Gasteiger partial charge in [-0.2, -0.15) is 0 Å². The van der Waals surface area contributed by atoms with Crippen molar-refractivity contribution in [3.8, 4) is 0 Å². The second-order valence-electron chi connectivity index (χ2n) is 6.80. The van der Waals surface area contributed by atoms with Crippen LogP contribution < -0.4 is 15.4 Å². The van der Waals surface area contributed by atoms with Crippen molar-refractivity contribution in [1.82, 2.24) is 0 Å². The summed E-state index contributed by atoms with van der Waals surface area (Å²) in [5, 5.41) is 10.7. The fraction of sp³-hybridized carbons (Fsp3) is 0.0455. The summed E-state index contributed by atoms with van der Waals surface area (Å²) in [5.74, 6) is -0.547. The summed E-state index contributed by atoms with van der Waals surface area (Å²) in [5.41, 5.74) is 8.25. The predicted molar refractivity (Wildman–Crippen MR) is 117 cm³/mol. The first-order chi connectivity index (χ1) is 15.2. The van der Waals surface area contributed by atoms with Crippen molar-refractivity contribution in [2.24, 2.45) is 0 Å². The molecule has 0 bridgehead atoms. The zero-order chi connectivity index (χ0) is 23.5. The maximum Gasteiger partial charge on any atom is 0.196 e. The molecule has 1 atom stereocenters. The molecule has 10 heteroatoms. The summed E-state index contributed by atoms with van der Waals surface area (Å²) in [6.45, 7) is 1.35. The number of carbonyl (C=O) groups is 3. The van der Waals surface area contributed by atoms with Gasteiger partial charge in [0.1, 0.15) is 0 Å². The Balaban J connectivity index is 0.000000183. The summed E-state index contributed by atoms with van der Waals surface area (Å²) in [4.78, 5) is 35.1. The van der Waals surface area contributed by atoms with Gasteiger partial charge >= 0.3 is 88.4 Å². The SMILES string of the molecule is CC(=O)Nc1ccc([As](=O)(O)OO)cc1.Nc1cccc2c1C(=O)c1ccccc1C2=O. The number of amides is 1. The number of fused-ring (bicyclic) bond motifs is 2. The monoisotopic (exact) mass is 498 g/mol. The van der Waals surface area contributed by atoms with E-state index < -0.39 is 14.2 Å². The van der Waals surface area contributed by atoms with E-state index in [0.29, 0.717) is 33.6 Å². The van der Waals surface area contributed by atoms with Crippen LogP contribution in [0.15, 0.2) is 66.7 Å². The molecule has 4 rings (SSSR count). The summed E-state index contributed by atoms with van der Waals surface area (Å²) in [6, 6.07) is 17.3. The average molecular weight is 498 g/mol. The Morgan fingerprint density at radius 1 is 0.906 bits per heavy atom. The minimum atomic E-state index is -4.76. The van der Waals surface area contributed by atoms with Crippen LogP contribution in [0.2, 0.25) is 0 Å². The fourth-order valence-corrected chi connectivity index (χ4v) is 4.46. The van der Waals surface area contributed by atoms with Crippen molar-refractivity contribution >= 4 is 47.4 Å². The van der Waals surface area contributed by atoms with Gasteiger partial charge in [-0.3, -0.25) is 9.59 Å². The molecule has 0 radical (unpaired) electrons. The summed E-state index contributed by atoms with van der Waals surface area (Å²) < 4.78 is 23.8. The van der Waals surface area contributed by atoms with E-state index in [1.54, 1.807) is 42.5 Å². The van der Waals surface area contributed by atoms with Gasteiger partial charge in [-0.1, -0.05) is 36.4 Å². The number of carbonyl (C=O) groups excluding carboxylic acids is 3. The quantitative estimate of drug-likeness (QED) is 0.144. The van der Waals surface area contributed by atoms with Crippen molar-refractivity contribution in [3.05, 3.63) is 89.0 Å². The molecule has 5 N–H and O–H groups in total. The predicted octanol–water partition coefficient (Wildman–Crippen LogP) is 1.75. The van der Waals surface area contributed by atoms with E-state index in [9.17, 15) is 18.1 Å². The number of benzene rings is 3. The first-order valence-electron chi connectivity index (χ1n) is 9.27. The Hall–Kier alpha value is -3.49. The average Bonchev–Trinajstić information content (AvgIpc) is 2.78. The molecule has 3 aromatic carbocycles. The van der Waals surface area contributed by atoms with Crippen molar-refractivity contribution < 1.29 is 31.4 Å². The number of ketones is 2. The minimum Gasteiger partial charge on any atom is -0.398 e. The van der Waals surface area contributed by atoms with Gasteiger partial charge in [0.25, 0.3) is 0 Å². The maximum absolute atomic E-state index is 12.2. The normalized spacial score (nSPS) is 13.7. The van der Waals surface area contributed by atoms with Gasteiger partial charge in [-0.25, -0.2) is 0 Å². The number of hydrogen-bond donors (Lipinski definition) is 4. The number of hydrogen-bond acceptors (Lipinski definition) is 7. The molecule has 1 unspecified atom stereocenters. The number of nitrogen functional groups attached to an aromatic ring is 1. The fourth-order valence-electron chi connectivity index (χ4n) is 3.16. The molecule has 0 spiro atoms. The summed E-state index contributed by atoms with van der Waals surface area (Å²) >= 11 is -4.76. The Kier molecular flexibility index (Phi) is 6.76. The van der Waals surface area contributed by atoms with Gasteiger partial charge < -0.3 is 5.73 Å². The zero-order valence-corrected chi connectivity index (χ0v) is 18.7. The number of nitrogens with one attached hydrogen (secondary N) is 1. The van der Waals surface area contributed by atoms with E-state index in [1.807, 2.05) is 0 Å². The number of rotatable bonds is 3. The van der Waals surface area contributed by atoms with E-state index in [1.165, 1.54) is 31.2 Å². The molecule has 164 valence electrons. The van der Waals surface area contributed by atoms with Crippen LogP contribution in [-0.4, -0.2) is 41.0 Å². The van der Waals surface area contributed by atoms with E-state index >= 15 is 0 Å². The van der Waals surface area contributed by atoms with Crippen LogP contribution in [0.3, 0.4) is 0 Å². The second kappa shape index (κ2) is 9.33. The smallest absolute Gasteiger partial charge is 0.196 e. The molecule has 0 saturated heterocycles. The van der Waals surface area contributed by atoms with Crippen molar-refractivity contribution in [2.45, 2.75) is 6.92 Å². The Labute approximate surface area is 185 Å². The van der Waals surface area contributed by atoms with Gasteiger partial charge in [0.05, 0.1) is 5.56 Å².